The third-order valence-corrected chi connectivity index (χ3v) is 7.17. The molecule has 0 radical (unpaired) electrons. The first kappa shape index (κ1) is 38.0. The minimum absolute atomic E-state index is 0.00899. The number of hydrogen-bond donors (Lipinski definition) is 1. The molecule has 0 bridgehead atoms. The van der Waals surface area contributed by atoms with Crippen LogP contribution in [0.1, 0.15) is 110 Å². The summed E-state index contributed by atoms with van der Waals surface area (Å²) < 4.78 is 26.7. The van der Waals surface area contributed by atoms with Crippen LogP contribution in [0, 0.1) is 0 Å². The molecular weight excluding hydrogens is 517 g/mol. The number of aliphatic hydroxyl groups excluding tert-OH is 1. The number of quaternary nitrogens is 1. The van der Waals surface area contributed by atoms with Gasteiger partial charge in [0, 0.05) is 6.42 Å². The second-order valence-corrected chi connectivity index (χ2v) is 12.7. The van der Waals surface area contributed by atoms with E-state index in [0.29, 0.717) is 17.4 Å². The van der Waals surface area contributed by atoms with Crippen molar-refractivity contribution in [3.05, 3.63) is 24.3 Å². The Hall–Kier alpha value is -1.02. The van der Waals surface area contributed by atoms with Crippen LogP contribution in [0.15, 0.2) is 24.3 Å². The molecule has 0 saturated carbocycles. The molecule has 0 aliphatic rings. The van der Waals surface area contributed by atoms with Crippen molar-refractivity contribution >= 4 is 13.8 Å². The van der Waals surface area contributed by atoms with Crippen LogP contribution in [-0.2, 0) is 23.1 Å². The largest absolute Gasteiger partial charge is 0.756 e. The first-order valence-electron chi connectivity index (χ1n) is 15.1. The van der Waals surface area contributed by atoms with E-state index in [-0.39, 0.29) is 13.2 Å². The Morgan fingerprint density at radius 3 is 1.92 bits per heavy atom. The van der Waals surface area contributed by atoms with Crippen molar-refractivity contribution in [1.82, 2.24) is 0 Å². The molecule has 8 nitrogen and oxygen atoms in total. The molecule has 0 saturated heterocycles. The van der Waals surface area contributed by atoms with E-state index in [1.165, 1.54) is 70.6 Å². The van der Waals surface area contributed by atoms with Gasteiger partial charge in [-0.3, -0.25) is 9.36 Å². The summed E-state index contributed by atoms with van der Waals surface area (Å²) in [5.41, 5.74) is 0. The number of rotatable bonds is 27. The van der Waals surface area contributed by atoms with Gasteiger partial charge in [-0.1, -0.05) is 89.0 Å². The Balaban J connectivity index is 3.53. The molecule has 0 amide bonds. The lowest BCUT2D eigenvalue weighted by atomic mass is 10.1. The van der Waals surface area contributed by atoms with Crippen molar-refractivity contribution in [1.29, 1.82) is 0 Å². The van der Waals surface area contributed by atoms with E-state index in [4.69, 9.17) is 9.26 Å². The Kier molecular flexibility index (Phi) is 24.1. The van der Waals surface area contributed by atoms with Gasteiger partial charge in [0.25, 0.3) is 7.82 Å². The van der Waals surface area contributed by atoms with Gasteiger partial charge in [-0.05, 0) is 38.5 Å². The van der Waals surface area contributed by atoms with Crippen LogP contribution in [0.3, 0.4) is 0 Å². The number of likely N-dealkylation sites (N-methyl/N-ethyl adjacent to an activating group) is 1. The van der Waals surface area contributed by atoms with Crippen molar-refractivity contribution in [2.45, 2.75) is 116 Å². The fourth-order valence-corrected chi connectivity index (χ4v) is 4.47. The lowest BCUT2D eigenvalue weighted by Crippen LogP contribution is -2.37. The minimum Gasteiger partial charge on any atom is -0.756 e. The Labute approximate surface area is 239 Å². The molecule has 0 aromatic carbocycles. The maximum absolute atomic E-state index is 11.8. The normalized spacial score (nSPS) is 14.7. The Bertz CT molecular complexity index is 691. The van der Waals surface area contributed by atoms with Gasteiger partial charge in [-0.15, -0.1) is 0 Å². The predicted molar refractivity (Wildman–Crippen MR) is 157 cm³/mol. The number of unbranched alkanes of at least 4 members (excludes halogenated alkanes) is 12. The molecule has 0 fully saturated rings. The predicted octanol–water partition coefficient (Wildman–Crippen LogP) is 6.47. The Morgan fingerprint density at radius 1 is 0.821 bits per heavy atom. The van der Waals surface area contributed by atoms with Gasteiger partial charge in [0.1, 0.15) is 25.9 Å². The van der Waals surface area contributed by atoms with Crippen molar-refractivity contribution in [2.75, 3.05) is 47.5 Å². The highest BCUT2D eigenvalue weighted by atomic mass is 31.2. The molecule has 1 N–H and O–H groups in total. The van der Waals surface area contributed by atoms with E-state index in [1.807, 2.05) is 21.1 Å². The monoisotopic (exact) mass is 575 g/mol. The summed E-state index contributed by atoms with van der Waals surface area (Å²) in [7, 11) is 1.24. The van der Waals surface area contributed by atoms with Gasteiger partial charge in [0.2, 0.25) is 0 Å². The quantitative estimate of drug-likeness (QED) is 0.0393. The van der Waals surface area contributed by atoms with E-state index in [1.54, 1.807) is 0 Å². The highest BCUT2D eigenvalue weighted by molar-refractivity contribution is 7.45. The molecule has 2 atom stereocenters. The molecular formula is C30H58NO7P. The first-order valence-corrected chi connectivity index (χ1v) is 16.6. The summed E-state index contributed by atoms with van der Waals surface area (Å²) in [4.78, 5) is 23.6. The van der Waals surface area contributed by atoms with Crippen LogP contribution in [0.4, 0.5) is 0 Å². The second-order valence-electron chi connectivity index (χ2n) is 11.3. The van der Waals surface area contributed by atoms with Crippen molar-refractivity contribution < 1.29 is 37.6 Å². The number of allylic oxidation sites excluding steroid dienone is 4. The average molecular weight is 576 g/mol. The average Bonchev–Trinajstić information content (AvgIpc) is 2.86. The number of carbonyl (C=O) groups is 1. The molecule has 0 aromatic rings. The van der Waals surface area contributed by atoms with E-state index in [2.05, 4.69) is 35.8 Å². The van der Waals surface area contributed by atoms with E-state index >= 15 is 0 Å². The lowest BCUT2D eigenvalue weighted by molar-refractivity contribution is -0.870. The fraction of sp³-hybridized carbons (Fsp3) is 0.833. The standard InChI is InChI=1S/C30H58NO7P/c1-5-6-7-8-9-10-11-12-13-14-15-16-17-18-19-20-21-22-23-24-30(33)36-27-29(32)28-38-39(34,35)37-26-25-31(2,3)4/h9-10,12-13,29,32H,5-8,11,14-28H2,1-4H3/b10-9-,13-12-. The summed E-state index contributed by atoms with van der Waals surface area (Å²) in [6.07, 6.45) is 26.0. The number of esters is 1. The van der Waals surface area contributed by atoms with E-state index in [9.17, 15) is 19.4 Å². The lowest BCUT2D eigenvalue weighted by Gasteiger charge is -2.27. The van der Waals surface area contributed by atoms with Crippen LogP contribution < -0.4 is 4.89 Å². The number of ether oxygens (including phenoxy) is 1. The summed E-state index contributed by atoms with van der Waals surface area (Å²) >= 11 is 0. The third-order valence-electron chi connectivity index (χ3n) is 6.20. The van der Waals surface area contributed by atoms with Crippen LogP contribution >= 0.6 is 7.82 Å². The van der Waals surface area contributed by atoms with Crippen molar-refractivity contribution in [2.24, 2.45) is 0 Å². The van der Waals surface area contributed by atoms with E-state index < -0.39 is 26.5 Å². The number of aliphatic hydroxyl groups is 1. The summed E-state index contributed by atoms with van der Waals surface area (Å²) in [5, 5.41) is 9.82. The van der Waals surface area contributed by atoms with Gasteiger partial charge < -0.3 is 28.3 Å². The van der Waals surface area contributed by atoms with Gasteiger partial charge in [-0.2, -0.15) is 0 Å². The molecule has 0 heterocycles. The number of nitrogens with zero attached hydrogens (tertiary/aromatic N) is 1. The summed E-state index contributed by atoms with van der Waals surface area (Å²) in [6, 6.07) is 0. The topological polar surface area (TPSA) is 105 Å². The number of hydrogen-bond acceptors (Lipinski definition) is 7. The molecule has 0 spiro atoms. The summed E-state index contributed by atoms with van der Waals surface area (Å²) in [5.74, 6) is -0.393. The zero-order chi connectivity index (χ0) is 29.2. The zero-order valence-electron chi connectivity index (χ0n) is 25.3. The van der Waals surface area contributed by atoms with E-state index in [0.717, 1.165) is 25.7 Å². The molecule has 39 heavy (non-hydrogen) atoms. The van der Waals surface area contributed by atoms with Gasteiger partial charge >= 0.3 is 5.97 Å². The Morgan fingerprint density at radius 2 is 1.36 bits per heavy atom. The summed E-state index contributed by atoms with van der Waals surface area (Å²) in [6.45, 7) is 1.91. The molecule has 0 aliphatic heterocycles. The molecule has 2 unspecified atom stereocenters. The highest BCUT2D eigenvalue weighted by Gasteiger charge is 2.16. The van der Waals surface area contributed by atoms with Crippen LogP contribution in [-0.4, -0.2) is 69.2 Å². The number of carbonyl (C=O) groups excluding carboxylic acids is 1. The maximum atomic E-state index is 11.8. The van der Waals surface area contributed by atoms with Crippen LogP contribution in [0.25, 0.3) is 0 Å². The highest BCUT2D eigenvalue weighted by Crippen LogP contribution is 2.38. The van der Waals surface area contributed by atoms with Gasteiger partial charge in [0.15, 0.2) is 0 Å². The fourth-order valence-electron chi connectivity index (χ4n) is 3.74. The van der Waals surface area contributed by atoms with Crippen LogP contribution in [0.2, 0.25) is 0 Å². The minimum atomic E-state index is -4.50. The van der Waals surface area contributed by atoms with Crippen LogP contribution in [0.5, 0.6) is 0 Å². The number of phosphoric ester groups is 1. The van der Waals surface area contributed by atoms with Gasteiger partial charge in [-0.25, -0.2) is 0 Å². The smallest absolute Gasteiger partial charge is 0.305 e. The number of phosphoric acid groups is 1. The maximum Gasteiger partial charge on any atom is 0.305 e. The zero-order valence-corrected chi connectivity index (χ0v) is 26.2. The molecule has 0 aromatic heterocycles. The molecule has 0 rings (SSSR count). The molecule has 0 aliphatic carbocycles. The SMILES string of the molecule is CCCCC/C=C\C/C=C\CCCCCCCCCCCC(=O)OCC(O)COP(=O)([O-])OCC[N+](C)(C)C. The molecule has 230 valence electrons. The van der Waals surface area contributed by atoms with Crippen molar-refractivity contribution in [3.63, 3.8) is 0 Å². The molecule has 9 heteroatoms. The van der Waals surface area contributed by atoms with Gasteiger partial charge in [0.05, 0.1) is 27.7 Å². The second kappa shape index (κ2) is 24.8. The third kappa shape index (κ3) is 29.8. The van der Waals surface area contributed by atoms with Crippen molar-refractivity contribution in [3.8, 4) is 0 Å². The first-order chi connectivity index (χ1) is 18.6.